The van der Waals surface area contributed by atoms with Gasteiger partial charge in [-0.25, -0.2) is 8.42 Å². The Bertz CT molecular complexity index is 577. The van der Waals surface area contributed by atoms with Gasteiger partial charge in [-0.15, -0.1) is 0 Å². The number of nitrogens with one attached hydrogen (secondary N) is 1. The van der Waals surface area contributed by atoms with Gasteiger partial charge in [0.05, 0.1) is 4.90 Å². The maximum atomic E-state index is 12.7. The molecule has 0 aliphatic carbocycles. The van der Waals surface area contributed by atoms with Gasteiger partial charge in [-0.1, -0.05) is 25.1 Å². The highest BCUT2D eigenvalue weighted by atomic mass is 32.2. The lowest BCUT2D eigenvalue weighted by Gasteiger charge is -2.26. The molecule has 0 amide bonds. The molecule has 1 heterocycles. The van der Waals surface area contributed by atoms with Crippen molar-refractivity contribution in [1.29, 1.82) is 0 Å². The van der Waals surface area contributed by atoms with Crippen LogP contribution in [0.25, 0.3) is 0 Å². The molecule has 0 atom stereocenters. The molecular weight excluding hydrogens is 296 g/mol. The summed E-state index contributed by atoms with van der Waals surface area (Å²) >= 11 is 0. The molecule has 1 N–H and O–H groups in total. The van der Waals surface area contributed by atoms with Gasteiger partial charge < -0.3 is 5.32 Å². The van der Waals surface area contributed by atoms with Crippen LogP contribution >= 0.6 is 0 Å². The molecule has 1 aromatic carbocycles. The Balaban J connectivity index is 2.27. The van der Waals surface area contributed by atoms with Crippen LogP contribution in [0.1, 0.15) is 12.5 Å². The van der Waals surface area contributed by atoms with Crippen LogP contribution in [0.5, 0.6) is 0 Å². The average molecular weight is 316 g/mol. The molecule has 1 aliphatic rings. The zero-order chi connectivity index (χ0) is 14.6. The van der Waals surface area contributed by atoms with E-state index in [1.54, 1.807) is 12.1 Å². The number of hydrogen-bond acceptors (Lipinski definition) is 4. The van der Waals surface area contributed by atoms with Gasteiger partial charge >= 0.3 is 0 Å². The second kappa shape index (κ2) is 6.80. The zero-order valence-electron chi connectivity index (χ0n) is 11.5. The number of nitrogens with zero attached hydrogens (tertiary/aromatic N) is 1. The minimum atomic E-state index is -3.49. The van der Waals surface area contributed by atoms with Gasteiger partial charge in [-0.3, -0.25) is 4.21 Å². The summed E-state index contributed by atoms with van der Waals surface area (Å²) in [5.41, 5.74) is 0.779. The van der Waals surface area contributed by atoms with Crippen molar-refractivity contribution in [1.82, 2.24) is 9.62 Å². The maximum Gasteiger partial charge on any atom is 0.243 e. The van der Waals surface area contributed by atoms with Crippen molar-refractivity contribution in [2.24, 2.45) is 0 Å². The SMILES string of the molecule is CCNCc1ccccc1S(=O)(=O)N1CCS(=O)CC1. The third-order valence-electron chi connectivity index (χ3n) is 3.29. The molecule has 5 nitrogen and oxygen atoms in total. The molecule has 20 heavy (non-hydrogen) atoms. The van der Waals surface area contributed by atoms with Crippen LogP contribution in [-0.2, 0) is 27.4 Å². The molecule has 0 radical (unpaired) electrons. The summed E-state index contributed by atoms with van der Waals surface area (Å²) in [7, 11) is -4.37. The molecule has 0 unspecified atom stereocenters. The van der Waals surface area contributed by atoms with Gasteiger partial charge in [0.25, 0.3) is 0 Å². The summed E-state index contributed by atoms with van der Waals surface area (Å²) in [5, 5.41) is 3.16. The molecule has 1 fully saturated rings. The first-order chi connectivity index (χ1) is 9.55. The number of rotatable bonds is 5. The Morgan fingerprint density at radius 1 is 1.25 bits per heavy atom. The molecule has 0 aromatic heterocycles. The van der Waals surface area contributed by atoms with E-state index in [1.165, 1.54) is 4.31 Å². The van der Waals surface area contributed by atoms with Crippen molar-refractivity contribution in [2.45, 2.75) is 18.4 Å². The highest BCUT2D eigenvalue weighted by Gasteiger charge is 2.29. The minimum Gasteiger partial charge on any atom is -0.313 e. The number of hydrogen-bond donors (Lipinski definition) is 1. The first kappa shape index (κ1) is 15.6. The topological polar surface area (TPSA) is 66.5 Å². The predicted molar refractivity (Wildman–Crippen MR) is 80.5 cm³/mol. The van der Waals surface area contributed by atoms with Crippen molar-refractivity contribution in [2.75, 3.05) is 31.1 Å². The van der Waals surface area contributed by atoms with E-state index >= 15 is 0 Å². The Morgan fingerprint density at radius 2 is 1.90 bits per heavy atom. The largest absolute Gasteiger partial charge is 0.313 e. The molecule has 0 bridgehead atoms. The lowest BCUT2D eigenvalue weighted by Crippen LogP contribution is -2.42. The Hall–Kier alpha value is -0.760. The molecule has 1 aromatic rings. The summed E-state index contributed by atoms with van der Waals surface area (Å²) in [6.45, 7) is 3.98. The van der Waals surface area contributed by atoms with E-state index in [0.29, 0.717) is 36.0 Å². The lowest BCUT2D eigenvalue weighted by atomic mass is 10.2. The summed E-state index contributed by atoms with van der Waals surface area (Å²) in [6.07, 6.45) is 0. The van der Waals surface area contributed by atoms with E-state index in [9.17, 15) is 12.6 Å². The van der Waals surface area contributed by atoms with E-state index in [4.69, 9.17) is 0 Å². The zero-order valence-corrected chi connectivity index (χ0v) is 13.2. The van der Waals surface area contributed by atoms with Crippen LogP contribution in [0.3, 0.4) is 0 Å². The minimum absolute atomic E-state index is 0.338. The number of benzene rings is 1. The van der Waals surface area contributed by atoms with Crippen molar-refractivity contribution < 1.29 is 12.6 Å². The highest BCUT2D eigenvalue weighted by molar-refractivity contribution is 7.89. The molecule has 7 heteroatoms. The normalized spacial score (nSPS) is 18.2. The molecule has 1 saturated heterocycles. The molecule has 112 valence electrons. The molecule has 2 rings (SSSR count). The fraction of sp³-hybridized carbons (Fsp3) is 0.538. The highest BCUT2D eigenvalue weighted by Crippen LogP contribution is 2.21. The smallest absolute Gasteiger partial charge is 0.243 e. The monoisotopic (exact) mass is 316 g/mol. The molecule has 0 spiro atoms. The standard InChI is InChI=1S/C13H20N2O3S2/c1-2-14-11-12-5-3-4-6-13(12)20(17,18)15-7-9-19(16)10-8-15/h3-6,14H,2,7-11H2,1H3. The van der Waals surface area contributed by atoms with Gasteiger partial charge in [0.2, 0.25) is 10.0 Å². The van der Waals surface area contributed by atoms with Crippen molar-refractivity contribution in [3.8, 4) is 0 Å². The van der Waals surface area contributed by atoms with Gasteiger partial charge in [0.15, 0.2) is 0 Å². The van der Waals surface area contributed by atoms with Crippen molar-refractivity contribution in [3.63, 3.8) is 0 Å². The van der Waals surface area contributed by atoms with E-state index in [2.05, 4.69) is 5.32 Å². The van der Waals surface area contributed by atoms with E-state index in [0.717, 1.165) is 12.1 Å². The van der Waals surface area contributed by atoms with Crippen LogP contribution < -0.4 is 5.32 Å². The van der Waals surface area contributed by atoms with Crippen LogP contribution in [-0.4, -0.2) is 48.1 Å². The lowest BCUT2D eigenvalue weighted by molar-refractivity contribution is 0.438. The number of sulfonamides is 1. The van der Waals surface area contributed by atoms with Crippen LogP contribution in [0.15, 0.2) is 29.2 Å². The fourth-order valence-corrected chi connectivity index (χ4v) is 5.11. The van der Waals surface area contributed by atoms with Gasteiger partial charge in [-0.2, -0.15) is 4.31 Å². The van der Waals surface area contributed by atoms with Crippen LogP contribution in [0.2, 0.25) is 0 Å². The van der Waals surface area contributed by atoms with E-state index in [-0.39, 0.29) is 0 Å². The van der Waals surface area contributed by atoms with Crippen molar-refractivity contribution in [3.05, 3.63) is 29.8 Å². The summed E-state index contributed by atoms with van der Waals surface area (Å²) in [6, 6.07) is 7.06. The molecule has 1 aliphatic heterocycles. The summed E-state index contributed by atoms with van der Waals surface area (Å²) in [4.78, 5) is 0.355. The molecular formula is C13H20N2O3S2. The van der Waals surface area contributed by atoms with Crippen LogP contribution in [0.4, 0.5) is 0 Å². The van der Waals surface area contributed by atoms with E-state index in [1.807, 2.05) is 19.1 Å². The fourth-order valence-electron chi connectivity index (χ4n) is 2.16. The Morgan fingerprint density at radius 3 is 2.55 bits per heavy atom. The Labute approximate surface area is 122 Å². The third kappa shape index (κ3) is 3.46. The van der Waals surface area contributed by atoms with Crippen molar-refractivity contribution >= 4 is 20.8 Å². The van der Waals surface area contributed by atoms with Gasteiger partial charge in [0.1, 0.15) is 0 Å². The first-order valence-electron chi connectivity index (χ1n) is 6.69. The summed E-state index contributed by atoms with van der Waals surface area (Å²) in [5.74, 6) is 0.850. The second-order valence-corrected chi connectivity index (χ2v) is 8.24. The van der Waals surface area contributed by atoms with E-state index < -0.39 is 20.8 Å². The quantitative estimate of drug-likeness (QED) is 0.861. The first-order valence-corrected chi connectivity index (χ1v) is 9.62. The van der Waals surface area contributed by atoms with Gasteiger partial charge in [-0.05, 0) is 18.2 Å². The predicted octanol–water partition coefficient (Wildman–Crippen LogP) is 0.549. The molecule has 0 saturated carbocycles. The van der Waals surface area contributed by atoms with Crippen LogP contribution in [0, 0.1) is 0 Å². The van der Waals surface area contributed by atoms with Gasteiger partial charge in [0, 0.05) is 41.9 Å². The Kier molecular flexibility index (Phi) is 5.31. The third-order valence-corrected chi connectivity index (χ3v) is 6.57. The second-order valence-electron chi connectivity index (χ2n) is 4.64. The average Bonchev–Trinajstić information content (AvgIpc) is 2.46. The maximum absolute atomic E-state index is 12.7. The summed E-state index contributed by atoms with van der Waals surface area (Å²) < 4.78 is 38.2.